The highest BCUT2D eigenvalue weighted by Gasteiger charge is 2.12. The molecule has 182 valence electrons. The molecule has 0 aromatic heterocycles. The van der Waals surface area contributed by atoms with Crippen LogP contribution in [0.5, 0.6) is 34.5 Å². The zero-order chi connectivity index (χ0) is 25.4. The Hall–Kier alpha value is -4.59. The van der Waals surface area contributed by atoms with E-state index in [0.29, 0.717) is 34.2 Å². The van der Waals surface area contributed by atoms with Crippen molar-refractivity contribution in [2.24, 2.45) is 0 Å². The Labute approximate surface area is 203 Å². The Morgan fingerprint density at radius 2 is 1.46 bits per heavy atom. The molecule has 3 aromatic carbocycles. The van der Waals surface area contributed by atoms with Gasteiger partial charge in [-0.2, -0.15) is 0 Å². The number of anilines is 1. The number of hydrogen-bond acceptors (Lipinski definition) is 7. The molecule has 0 aliphatic heterocycles. The summed E-state index contributed by atoms with van der Waals surface area (Å²) in [6.45, 7) is 0. The molecule has 0 saturated heterocycles. The Kier molecular flexibility index (Phi) is 8.24. The summed E-state index contributed by atoms with van der Waals surface area (Å²) in [5.41, 5.74) is 2.64. The first-order valence-electron chi connectivity index (χ1n) is 10.6. The highest BCUT2D eigenvalue weighted by Crippen LogP contribution is 2.38. The van der Waals surface area contributed by atoms with E-state index in [2.05, 4.69) is 5.32 Å². The lowest BCUT2D eigenvalue weighted by atomic mass is 10.1. The number of rotatable bonds is 9. The number of amides is 1. The van der Waals surface area contributed by atoms with Crippen LogP contribution in [0.25, 0.3) is 18.2 Å². The maximum atomic E-state index is 12.6. The molecule has 3 N–H and O–H groups in total. The highest BCUT2D eigenvalue weighted by molar-refractivity contribution is 6.03. The first kappa shape index (κ1) is 25.0. The summed E-state index contributed by atoms with van der Waals surface area (Å²) < 4.78 is 21.5. The lowest BCUT2D eigenvalue weighted by Crippen LogP contribution is -2.09. The van der Waals surface area contributed by atoms with Crippen LogP contribution < -0.4 is 24.3 Å². The molecule has 0 aliphatic rings. The minimum absolute atomic E-state index is 0.230. The summed E-state index contributed by atoms with van der Waals surface area (Å²) >= 11 is 0. The molecule has 3 aromatic rings. The summed E-state index contributed by atoms with van der Waals surface area (Å²) in [6.07, 6.45) is 6.56. The molecule has 0 atom stereocenters. The monoisotopic (exact) mass is 477 g/mol. The summed E-state index contributed by atoms with van der Waals surface area (Å²) in [6, 6.07) is 13.2. The number of carbonyl (C=O) groups is 1. The molecule has 0 radical (unpaired) electrons. The molecule has 0 heterocycles. The number of ether oxygens (including phenoxy) is 4. The van der Waals surface area contributed by atoms with E-state index in [1.165, 1.54) is 24.3 Å². The second kappa shape index (κ2) is 11.5. The molecule has 0 fully saturated rings. The van der Waals surface area contributed by atoms with Gasteiger partial charge in [-0.1, -0.05) is 18.2 Å². The molecule has 0 spiro atoms. The topological polar surface area (TPSA) is 106 Å². The fourth-order valence-electron chi connectivity index (χ4n) is 3.29. The number of nitrogens with one attached hydrogen (secondary N) is 1. The predicted molar refractivity (Wildman–Crippen MR) is 135 cm³/mol. The number of benzene rings is 3. The van der Waals surface area contributed by atoms with Gasteiger partial charge in [-0.15, -0.1) is 0 Å². The van der Waals surface area contributed by atoms with Crippen molar-refractivity contribution in [1.29, 1.82) is 0 Å². The van der Waals surface area contributed by atoms with Crippen molar-refractivity contribution < 1.29 is 34.0 Å². The summed E-state index contributed by atoms with van der Waals surface area (Å²) in [4.78, 5) is 12.6. The van der Waals surface area contributed by atoms with Gasteiger partial charge in [0.25, 0.3) is 0 Å². The average Bonchev–Trinajstić information content (AvgIpc) is 2.87. The molecule has 0 bridgehead atoms. The Balaban J connectivity index is 1.86. The van der Waals surface area contributed by atoms with Crippen LogP contribution in [-0.4, -0.2) is 44.6 Å². The van der Waals surface area contributed by atoms with Gasteiger partial charge in [0.1, 0.15) is 5.75 Å². The standard InChI is InChI=1S/C27H27NO7/c1-32-20-10-9-19(8-5-18-14-24(33-2)27(35-4)25(15-18)34-3)21(16-20)28-26(31)12-7-17-6-11-22(29)23(30)13-17/h5-16,29-30H,1-4H3,(H,28,31)/b8-5+,12-7+. The lowest BCUT2D eigenvalue weighted by molar-refractivity contribution is -0.111. The van der Waals surface area contributed by atoms with Crippen LogP contribution in [-0.2, 0) is 4.79 Å². The Morgan fingerprint density at radius 1 is 0.743 bits per heavy atom. The summed E-state index contributed by atoms with van der Waals surface area (Å²) in [7, 11) is 6.19. The first-order valence-corrected chi connectivity index (χ1v) is 10.6. The van der Waals surface area contributed by atoms with Crippen molar-refractivity contribution in [2.45, 2.75) is 0 Å². The number of aromatic hydroxyl groups is 2. The van der Waals surface area contributed by atoms with Crippen molar-refractivity contribution >= 4 is 29.8 Å². The average molecular weight is 478 g/mol. The second-order valence-corrected chi connectivity index (χ2v) is 7.32. The van der Waals surface area contributed by atoms with E-state index in [0.717, 1.165) is 11.1 Å². The van der Waals surface area contributed by atoms with E-state index >= 15 is 0 Å². The third-order valence-electron chi connectivity index (χ3n) is 5.09. The van der Waals surface area contributed by atoms with E-state index in [1.807, 2.05) is 30.4 Å². The highest BCUT2D eigenvalue weighted by atomic mass is 16.5. The fourth-order valence-corrected chi connectivity index (χ4v) is 3.29. The van der Waals surface area contributed by atoms with Crippen LogP contribution in [0.1, 0.15) is 16.7 Å². The fraction of sp³-hybridized carbons (Fsp3) is 0.148. The van der Waals surface area contributed by atoms with Gasteiger partial charge in [0.2, 0.25) is 11.7 Å². The molecule has 35 heavy (non-hydrogen) atoms. The van der Waals surface area contributed by atoms with Crippen LogP contribution >= 0.6 is 0 Å². The third-order valence-corrected chi connectivity index (χ3v) is 5.09. The van der Waals surface area contributed by atoms with Gasteiger partial charge in [-0.05, 0) is 59.2 Å². The van der Waals surface area contributed by atoms with Crippen molar-refractivity contribution in [3.05, 3.63) is 71.3 Å². The van der Waals surface area contributed by atoms with E-state index in [9.17, 15) is 15.0 Å². The third kappa shape index (κ3) is 6.26. The van der Waals surface area contributed by atoms with Gasteiger partial charge in [0.15, 0.2) is 23.0 Å². The lowest BCUT2D eigenvalue weighted by Gasteiger charge is -2.13. The van der Waals surface area contributed by atoms with Crippen LogP contribution in [0.4, 0.5) is 5.69 Å². The number of phenols is 2. The van der Waals surface area contributed by atoms with Gasteiger partial charge >= 0.3 is 0 Å². The first-order chi connectivity index (χ1) is 16.9. The molecule has 8 heteroatoms. The Bertz CT molecular complexity index is 1240. The molecule has 0 saturated carbocycles. The Morgan fingerprint density at radius 3 is 2.06 bits per heavy atom. The van der Waals surface area contributed by atoms with E-state index < -0.39 is 0 Å². The van der Waals surface area contributed by atoms with Gasteiger partial charge in [-0.25, -0.2) is 0 Å². The van der Waals surface area contributed by atoms with Crippen molar-refractivity contribution in [2.75, 3.05) is 33.8 Å². The number of methoxy groups -OCH3 is 4. The smallest absolute Gasteiger partial charge is 0.248 e. The van der Waals surface area contributed by atoms with E-state index in [1.54, 1.807) is 46.6 Å². The number of carbonyl (C=O) groups excluding carboxylic acids is 1. The minimum Gasteiger partial charge on any atom is -0.504 e. The SMILES string of the molecule is COc1ccc(/C=C/c2cc(OC)c(OC)c(OC)c2)c(NC(=O)/C=C/c2ccc(O)c(O)c2)c1. The maximum Gasteiger partial charge on any atom is 0.248 e. The van der Waals surface area contributed by atoms with Gasteiger partial charge < -0.3 is 34.5 Å². The molecular formula is C27H27NO7. The molecule has 8 nitrogen and oxygen atoms in total. The normalized spacial score (nSPS) is 11.0. The van der Waals surface area contributed by atoms with Gasteiger partial charge in [0, 0.05) is 12.1 Å². The molecule has 0 unspecified atom stereocenters. The minimum atomic E-state index is -0.381. The van der Waals surface area contributed by atoms with Crippen LogP contribution in [0.15, 0.2) is 54.6 Å². The summed E-state index contributed by atoms with van der Waals surface area (Å²) in [5, 5.41) is 21.9. The van der Waals surface area contributed by atoms with E-state index in [4.69, 9.17) is 18.9 Å². The molecule has 1 amide bonds. The predicted octanol–water partition coefficient (Wildman–Crippen LogP) is 4.95. The maximum absolute atomic E-state index is 12.6. The summed E-state index contributed by atoms with van der Waals surface area (Å²) in [5.74, 6) is 1.26. The zero-order valence-corrected chi connectivity index (χ0v) is 19.9. The zero-order valence-electron chi connectivity index (χ0n) is 19.9. The largest absolute Gasteiger partial charge is 0.504 e. The quantitative estimate of drug-likeness (QED) is 0.227. The van der Waals surface area contributed by atoms with Crippen LogP contribution in [0, 0.1) is 0 Å². The number of phenolic OH excluding ortho intramolecular Hbond substituents is 2. The second-order valence-electron chi connectivity index (χ2n) is 7.32. The van der Waals surface area contributed by atoms with Crippen molar-refractivity contribution in [3.63, 3.8) is 0 Å². The van der Waals surface area contributed by atoms with E-state index in [-0.39, 0.29) is 17.4 Å². The van der Waals surface area contributed by atoms with Crippen LogP contribution in [0.2, 0.25) is 0 Å². The molecular weight excluding hydrogens is 450 g/mol. The van der Waals surface area contributed by atoms with Crippen LogP contribution in [0.3, 0.4) is 0 Å². The van der Waals surface area contributed by atoms with Gasteiger partial charge in [-0.3, -0.25) is 4.79 Å². The number of hydrogen-bond donors (Lipinski definition) is 3. The molecule has 3 rings (SSSR count). The van der Waals surface area contributed by atoms with Crippen molar-refractivity contribution in [3.8, 4) is 34.5 Å². The molecule has 0 aliphatic carbocycles. The van der Waals surface area contributed by atoms with Crippen molar-refractivity contribution in [1.82, 2.24) is 0 Å². The van der Waals surface area contributed by atoms with Gasteiger partial charge in [0.05, 0.1) is 34.1 Å².